The molecule has 0 spiro atoms. The van der Waals surface area contributed by atoms with Crippen LogP contribution in [0.25, 0.3) is 0 Å². The van der Waals surface area contributed by atoms with E-state index in [0.29, 0.717) is 13.0 Å². The highest BCUT2D eigenvalue weighted by atomic mass is 79.9. The third-order valence-corrected chi connectivity index (χ3v) is 5.55. The summed E-state index contributed by atoms with van der Waals surface area (Å²) in [5, 5.41) is 9.83. The Bertz CT molecular complexity index is 811. The van der Waals surface area contributed by atoms with Crippen LogP contribution in [-0.4, -0.2) is 42.8 Å². The second-order valence-corrected chi connectivity index (χ2v) is 7.57. The Morgan fingerprint density at radius 3 is 2.67 bits per heavy atom. The summed E-state index contributed by atoms with van der Waals surface area (Å²) in [4.78, 5) is 14.0. The van der Waals surface area contributed by atoms with Crippen molar-refractivity contribution in [1.29, 1.82) is 0 Å². The number of carbonyl (C=O) groups is 1. The number of aliphatic carboxylic acids is 1. The fraction of sp³-hybridized carbons (Fsp3) is 0.381. The predicted octanol–water partition coefficient (Wildman–Crippen LogP) is 4.49. The Balaban J connectivity index is 2.17. The van der Waals surface area contributed by atoms with E-state index in [1.54, 1.807) is 14.2 Å². The van der Waals surface area contributed by atoms with Gasteiger partial charge >= 0.3 is 5.97 Å². The van der Waals surface area contributed by atoms with E-state index in [9.17, 15) is 9.90 Å². The van der Waals surface area contributed by atoms with Gasteiger partial charge in [-0.1, -0.05) is 34.5 Å². The maximum absolute atomic E-state index is 12.0. The molecule has 1 aliphatic heterocycles. The van der Waals surface area contributed by atoms with Crippen molar-refractivity contribution < 1.29 is 19.4 Å². The number of methoxy groups -OCH3 is 2. The van der Waals surface area contributed by atoms with Crippen LogP contribution in [-0.2, 0) is 4.79 Å². The molecule has 0 amide bonds. The predicted molar refractivity (Wildman–Crippen MR) is 108 cm³/mol. The maximum atomic E-state index is 12.0. The smallest absolute Gasteiger partial charge is 0.320 e. The van der Waals surface area contributed by atoms with Gasteiger partial charge in [-0.05, 0) is 55.3 Å². The third kappa shape index (κ3) is 4.28. The SMILES string of the molecule is COc1ccc(OC)c(C(c2cccc(Br)c2)N2CCCCC2C(=O)O)c1. The molecular formula is C21H24BrNO4. The average Bonchev–Trinajstić information content (AvgIpc) is 2.68. The van der Waals surface area contributed by atoms with Gasteiger partial charge in [0.25, 0.3) is 0 Å². The lowest BCUT2D eigenvalue weighted by molar-refractivity contribution is -0.145. The molecule has 0 aromatic heterocycles. The molecule has 0 radical (unpaired) electrons. The van der Waals surface area contributed by atoms with Gasteiger partial charge < -0.3 is 14.6 Å². The van der Waals surface area contributed by atoms with Gasteiger partial charge in [-0.25, -0.2) is 0 Å². The molecule has 1 aliphatic rings. The van der Waals surface area contributed by atoms with E-state index in [2.05, 4.69) is 20.8 Å². The number of hydrogen-bond acceptors (Lipinski definition) is 4. The summed E-state index contributed by atoms with van der Waals surface area (Å²) in [6.45, 7) is 0.717. The zero-order valence-electron chi connectivity index (χ0n) is 15.5. The van der Waals surface area contributed by atoms with Gasteiger partial charge in [0.05, 0.1) is 20.3 Å². The molecule has 3 rings (SSSR count). The van der Waals surface area contributed by atoms with Crippen LogP contribution in [0.15, 0.2) is 46.9 Å². The third-order valence-electron chi connectivity index (χ3n) is 5.06. The van der Waals surface area contributed by atoms with E-state index in [-0.39, 0.29) is 6.04 Å². The van der Waals surface area contributed by atoms with Crippen LogP contribution < -0.4 is 9.47 Å². The second-order valence-electron chi connectivity index (χ2n) is 6.65. The molecule has 1 heterocycles. The van der Waals surface area contributed by atoms with Crippen molar-refractivity contribution in [2.24, 2.45) is 0 Å². The summed E-state index contributed by atoms with van der Waals surface area (Å²) < 4.78 is 12.0. The number of carboxylic acids is 1. The molecule has 6 heteroatoms. The Morgan fingerprint density at radius 2 is 2.00 bits per heavy atom. The van der Waals surface area contributed by atoms with E-state index in [0.717, 1.165) is 39.9 Å². The van der Waals surface area contributed by atoms with Crippen molar-refractivity contribution in [3.05, 3.63) is 58.1 Å². The minimum Gasteiger partial charge on any atom is -0.497 e. The van der Waals surface area contributed by atoms with Crippen molar-refractivity contribution in [3.63, 3.8) is 0 Å². The number of carboxylic acid groups (broad SMARTS) is 1. The van der Waals surface area contributed by atoms with E-state index in [1.165, 1.54) is 0 Å². The van der Waals surface area contributed by atoms with Gasteiger partial charge in [0.2, 0.25) is 0 Å². The lowest BCUT2D eigenvalue weighted by atomic mass is 9.91. The Kier molecular flexibility index (Phi) is 6.39. The second kappa shape index (κ2) is 8.76. The van der Waals surface area contributed by atoms with Gasteiger partial charge in [0.1, 0.15) is 17.5 Å². The first-order chi connectivity index (χ1) is 13.0. The molecule has 2 aromatic rings. The first kappa shape index (κ1) is 19.7. The van der Waals surface area contributed by atoms with Crippen LogP contribution in [0.5, 0.6) is 11.5 Å². The van der Waals surface area contributed by atoms with E-state index in [4.69, 9.17) is 9.47 Å². The summed E-state index contributed by atoms with van der Waals surface area (Å²) in [5.41, 5.74) is 1.92. The fourth-order valence-electron chi connectivity index (χ4n) is 3.81. The highest BCUT2D eigenvalue weighted by Crippen LogP contribution is 2.40. The molecule has 144 valence electrons. The van der Waals surface area contributed by atoms with Crippen LogP contribution in [0.1, 0.15) is 36.4 Å². The number of nitrogens with zero attached hydrogens (tertiary/aromatic N) is 1. The molecule has 1 saturated heterocycles. The first-order valence-corrected chi connectivity index (χ1v) is 9.80. The number of benzene rings is 2. The molecule has 0 saturated carbocycles. The highest BCUT2D eigenvalue weighted by molar-refractivity contribution is 9.10. The number of hydrogen-bond donors (Lipinski definition) is 1. The van der Waals surface area contributed by atoms with Gasteiger partial charge in [-0.3, -0.25) is 9.69 Å². The minimum absolute atomic E-state index is 0.242. The molecule has 0 bridgehead atoms. The summed E-state index contributed by atoms with van der Waals surface area (Å²) in [7, 11) is 3.26. The summed E-state index contributed by atoms with van der Waals surface area (Å²) >= 11 is 3.54. The largest absolute Gasteiger partial charge is 0.497 e. The van der Waals surface area contributed by atoms with Crippen molar-refractivity contribution in [3.8, 4) is 11.5 Å². The van der Waals surface area contributed by atoms with Crippen LogP contribution in [0.3, 0.4) is 0 Å². The number of likely N-dealkylation sites (tertiary alicyclic amines) is 1. The van der Waals surface area contributed by atoms with Crippen LogP contribution in [0.2, 0.25) is 0 Å². The Labute approximate surface area is 168 Å². The monoisotopic (exact) mass is 433 g/mol. The standard InChI is InChI=1S/C21H24BrNO4/c1-26-16-9-10-19(27-2)17(13-16)20(14-6-5-7-15(22)12-14)23-11-4-3-8-18(23)21(24)25/h5-7,9-10,12-13,18,20H,3-4,8,11H2,1-2H3,(H,24,25). The van der Waals surface area contributed by atoms with Crippen molar-refractivity contribution >= 4 is 21.9 Å². The van der Waals surface area contributed by atoms with E-state index < -0.39 is 12.0 Å². The summed E-state index contributed by atoms with van der Waals surface area (Å²) in [5.74, 6) is 0.654. The molecular weight excluding hydrogens is 410 g/mol. The molecule has 1 N–H and O–H groups in total. The van der Waals surface area contributed by atoms with Gasteiger partial charge in [-0.15, -0.1) is 0 Å². The number of piperidine rings is 1. The van der Waals surface area contributed by atoms with Crippen molar-refractivity contribution in [2.45, 2.75) is 31.3 Å². The molecule has 2 aromatic carbocycles. The zero-order chi connectivity index (χ0) is 19.4. The van der Waals surface area contributed by atoms with Crippen LogP contribution in [0, 0.1) is 0 Å². The fourth-order valence-corrected chi connectivity index (χ4v) is 4.22. The topological polar surface area (TPSA) is 59.0 Å². The molecule has 1 fully saturated rings. The Hall–Kier alpha value is -2.05. The van der Waals surface area contributed by atoms with E-state index >= 15 is 0 Å². The normalized spacial score (nSPS) is 18.7. The van der Waals surface area contributed by atoms with Gasteiger partial charge in [0.15, 0.2) is 0 Å². The van der Waals surface area contributed by atoms with E-state index in [1.807, 2.05) is 42.5 Å². The summed E-state index contributed by atoms with van der Waals surface area (Å²) in [6, 6.07) is 12.9. The van der Waals surface area contributed by atoms with Crippen LogP contribution >= 0.6 is 15.9 Å². The minimum atomic E-state index is -0.781. The average molecular weight is 434 g/mol. The van der Waals surface area contributed by atoms with Gasteiger partial charge in [-0.2, -0.15) is 0 Å². The van der Waals surface area contributed by atoms with Crippen molar-refractivity contribution in [1.82, 2.24) is 4.90 Å². The maximum Gasteiger partial charge on any atom is 0.320 e. The first-order valence-electron chi connectivity index (χ1n) is 9.01. The molecule has 2 atom stereocenters. The zero-order valence-corrected chi connectivity index (χ0v) is 17.1. The number of ether oxygens (including phenoxy) is 2. The number of rotatable bonds is 6. The number of halogens is 1. The Morgan fingerprint density at radius 1 is 1.19 bits per heavy atom. The molecule has 0 aliphatic carbocycles. The molecule has 2 unspecified atom stereocenters. The molecule has 27 heavy (non-hydrogen) atoms. The lowest BCUT2D eigenvalue weighted by Gasteiger charge is -2.40. The van der Waals surface area contributed by atoms with Gasteiger partial charge in [0, 0.05) is 10.0 Å². The van der Waals surface area contributed by atoms with Crippen molar-refractivity contribution in [2.75, 3.05) is 20.8 Å². The molecule has 5 nitrogen and oxygen atoms in total. The van der Waals surface area contributed by atoms with Crippen LogP contribution in [0.4, 0.5) is 0 Å². The summed E-state index contributed by atoms with van der Waals surface area (Å²) in [6.07, 6.45) is 2.54. The highest BCUT2D eigenvalue weighted by Gasteiger charge is 2.36. The quantitative estimate of drug-likeness (QED) is 0.726. The lowest BCUT2D eigenvalue weighted by Crippen LogP contribution is -2.46.